The number of carboxylic acid groups (broad SMARTS) is 1. The smallest absolute Gasteiger partial charge is 0.511 e. The Morgan fingerprint density at radius 1 is 1.35 bits per heavy atom. The standard InChI is InChI=1S/C13H25N3O7/c1-10(21-12(19)22-13(2,3)4)23-14-16(20)15(5)9-7-6-8-11(17)18/h10H,6-9H2,1-5H3,(H,17,18). The molecular weight excluding hydrogens is 310 g/mol. The Labute approximate surface area is 135 Å². The van der Waals surface area contributed by atoms with E-state index < -0.39 is 24.0 Å². The van der Waals surface area contributed by atoms with Crippen LogP contribution in [0.25, 0.3) is 0 Å². The fourth-order valence-electron chi connectivity index (χ4n) is 1.30. The first-order valence-corrected chi connectivity index (χ1v) is 7.18. The summed E-state index contributed by atoms with van der Waals surface area (Å²) in [5, 5.41) is 24.5. The first-order valence-electron chi connectivity index (χ1n) is 7.18. The van der Waals surface area contributed by atoms with E-state index in [1.165, 1.54) is 19.0 Å². The summed E-state index contributed by atoms with van der Waals surface area (Å²) < 4.78 is 9.67. The Morgan fingerprint density at radius 2 is 1.96 bits per heavy atom. The molecule has 0 aromatic carbocycles. The number of ether oxygens (including phenoxy) is 2. The van der Waals surface area contributed by atoms with E-state index in [1.807, 2.05) is 0 Å². The van der Waals surface area contributed by atoms with Crippen LogP contribution >= 0.6 is 0 Å². The van der Waals surface area contributed by atoms with E-state index in [0.29, 0.717) is 19.4 Å². The minimum absolute atomic E-state index is 0.0428. The van der Waals surface area contributed by atoms with Gasteiger partial charge in [0.05, 0.1) is 18.6 Å². The number of carbonyl (C=O) groups excluding carboxylic acids is 1. The third-order valence-corrected chi connectivity index (χ3v) is 2.33. The minimum Gasteiger partial charge on any atom is -0.569 e. The van der Waals surface area contributed by atoms with Gasteiger partial charge >= 0.3 is 12.1 Å². The molecule has 0 rings (SSSR count). The van der Waals surface area contributed by atoms with Crippen molar-refractivity contribution in [1.29, 1.82) is 0 Å². The molecule has 0 saturated heterocycles. The quantitative estimate of drug-likeness (QED) is 0.170. The van der Waals surface area contributed by atoms with Crippen LogP contribution in [0.1, 0.15) is 47.0 Å². The summed E-state index contributed by atoms with van der Waals surface area (Å²) in [5.41, 5.74) is -0.700. The second-order valence-corrected chi connectivity index (χ2v) is 5.82. The molecule has 0 fully saturated rings. The molecule has 0 aromatic rings. The zero-order chi connectivity index (χ0) is 18.0. The summed E-state index contributed by atoms with van der Waals surface area (Å²) in [4.78, 5) is 26.6. The van der Waals surface area contributed by atoms with Crippen molar-refractivity contribution in [3.63, 3.8) is 0 Å². The van der Waals surface area contributed by atoms with Crippen LogP contribution < -0.4 is 0 Å². The number of unbranched alkanes of at least 4 members (excludes halogenated alkanes) is 1. The van der Waals surface area contributed by atoms with Gasteiger partial charge in [-0.2, -0.15) is 0 Å². The second-order valence-electron chi connectivity index (χ2n) is 5.82. The number of hydrogen-bond acceptors (Lipinski definition) is 7. The second kappa shape index (κ2) is 9.70. The monoisotopic (exact) mass is 335 g/mol. The largest absolute Gasteiger partial charge is 0.569 e. The van der Waals surface area contributed by atoms with Crippen LogP contribution in [0.15, 0.2) is 5.28 Å². The molecule has 0 aliphatic rings. The van der Waals surface area contributed by atoms with Crippen molar-refractivity contribution < 1.29 is 34.0 Å². The van der Waals surface area contributed by atoms with Crippen molar-refractivity contribution in [3.05, 3.63) is 5.21 Å². The Morgan fingerprint density at radius 3 is 2.48 bits per heavy atom. The number of carbonyl (C=O) groups is 2. The van der Waals surface area contributed by atoms with Gasteiger partial charge in [-0.25, -0.2) is 4.79 Å². The van der Waals surface area contributed by atoms with Crippen molar-refractivity contribution in [2.24, 2.45) is 5.28 Å². The van der Waals surface area contributed by atoms with Crippen LogP contribution in [0.2, 0.25) is 0 Å². The molecule has 1 N–H and O–H groups in total. The molecule has 10 nitrogen and oxygen atoms in total. The summed E-state index contributed by atoms with van der Waals surface area (Å²) in [5.74, 6) is -0.882. The molecule has 0 aromatic heterocycles. The van der Waals surface area contributed by atoms with E-state index in [9.17, 15) is 14.8 Å². The highest BCUT2D eigenvalue weighted by atomic mass is 16.8. The highest BCUT2D eigenvalue weighted by Crippen LogP contribution is 2.09. The van der Waals surface area contributed by atoms with Crippen LogP contribution in [0.4, 0.5) is 4.79 Å². The Balaban J connectivity index is 4.11. The number of hydrogen-bond donors (Lipinski definition) is 1. The van der Waals surface area contributed by atoms with Crippen LogP contribution in [0.5, 0.6) is 0 Å². The number of hydrazine groups is 1. The summed E-state index contributed by atoms with van der Waals surface area (Å²) in [6.07, 6.45) is -1.02. The van der Waals surface area contributed by atoms with Crippen molar-refractivity contribution in [1.82, 2.24) is 5.01 Å². The maximum absolute atomic E-state index is 11.6. The summed E-state index contributed by atoms with van der Waals surface area (Å²) in [7, 11) is 1.47. The lowest BCUT2D eigenvalue weighted by atomic mass is 10.2. The summed E-state index contributed by atoms with van der Waals surface area (Å²) in [6, 6.07) is 0. The van der Waals surface area contributed by atoms with Gasteiger partial charge in [-0.15, -0.1) is 5.01 Å². The van der Waals surface area contributed by atoms with E-state index in [1.54, 1.807) is 20.8 Å². The average Bonchev–Trinajstić information content (AvgIpc) is 2.38. The van der Waals surface area contributed by atoms with Gasteiger partial charge in [-0.3, -0.25) is 9.63 Å². The van der Waals surface area contributed by atoms with E-state index >= 15 is 0 Å². The van der Waals surface area contributed by atoms with E-state index in [0.717, 1.165) is 0 Å². The third-order valence-electron chi connectivity index (χ3n) is 2.33. The van der Waals surface area contributed by atoms with Crippen LogP contribution in [0, 0.1) is 5.21 Å². The van der Waals surface area contributed by atoms with Gasteiger partial charge in [0.25, 0.3) is 6.29 Å². The van der Waals surface area contributed by atoms with Crippen LogP contribution in [-0.4, -0.2) is 52.7 Å². The molecule has 1 unspecified atom stereocenters. The molecule has 0 amide bonds. The topological polar surface area (TPSA) is 124 Å². The van der Waals surface area contributed by atoms with Crippen molar-refractivity contribution in [3.8, 4) is 0 Å². The van der Waals surface area contributed by atoms with Gasteiger partial charge in [0.2, 0.25) is 5.28 Å². The third kappa shape index (κ3) is 12.0. The predicted molar refractivity (Wildman–Crippen MR) is 78.0 cm³/mol. The molecule has 10 heteroatoms. The minimum atomic E-state index is -1.10. The molecule has 0 aliphatic carbocycles. The van der Waals surface area contributed by atoms with Crippen molar-refractivity contribution >= 4 is 12.1 Å². The zero-order valence-corrected chi connectivity index (χ0v) is 14.1. The average molecular weight is 335 g/mol. The maximum atomic E-state index is 11.6. The fourth-order valence-corrected chi connectivity index (χ4v) is 1.30. The number of carboxylic acids is 1. The van der Waals surface area contributed by atoms with Gasteiger partial charge in [-0.05, 0) is 33.6 Å². The number of rotatable bonds is 9. The van der Waals surface area contributed by atoms with Gasteiger partial charge in [0.15, 0.2) is 0 Å². The van der Waals surface area contributed by atoms with Crippen LogP contribution in [0.3, 0.4) is 0 Å². The molecule has 1 atom stereocenters. The SMILES string of the molecule is CC(ON=[N+]([O-])N(C)CCCCC(=O)O)OC(=O)OC(C)(C)C. The maximum Gasteiger partial charge on any atom is 0.511 e. The number of aliphatic carboxylic acids is 1. The number of nitrogens with zero attached hydrogens (tertiary/aromatic N) is 3. The Kier molecular flexibility index (Phi) is 8.74. The fraction of sp³-hybridized carbons (Fsp3) is 0.846. The lowest BCUT2D eigenvalue weighted by Gasteiger charge is -2.20. The molecular formula is C13H25N3O7. The Hall–Kier alpha value is -2.26. The van der Waals surface area contributed by atoms with Crippen molar-refractivity contribution in [2.75, 3.05) is 13.6 Å². The lowest BCUT2D eigenvalue weighted by Crippen LogP contribution is -2.29. The van der Waals surface area contributed by atoms with E-state index in [4.69, 9.17) is 19.4 Å². The first kappa shape index (κ1) is 20.7. The van der Waals surface area contributed by atoms with Gasteiger partial charge in [-0.1, -0.05) is 0 Å². The van der Waals surface area contributed by atoms with Gasteiger partial charge in [0, 0.05) is 13.3 Å². The predicted octanol–water partition coefficient (Wildman–Crippen LogP) is 2.28. The molecule has 0 radical (unpaired) electrons. The van der Waals surface area contributed by atoms with Crippen molar-refractivity contribution in [2.45, 2.75) is 58.8 Å². The highest BCUT2D eigenvalue weighted by Gasteiger charge is 2.20. The molecule has 0 aliphatic heterocycles. The normalized spacial score (nSPS) is 13.2. The van der Waals surface area contributed by atoms with Gasteiger partial charge in [0.1, 0.15) is 5.60 Å². The molecule has 134 valence electrons. The molecule has 0 heterocycles. The van der Waals surface area contributed by atoms with E-state index in [-0.39, 0.29) is 11.4 Å². The first-order chi connectivity index (χ1) is 10.5. The van der Waals surface area contributed by atoms with E-state index in [2.05, 4.69) is 5.28 Å². The highest BCUT2D eigenvalue weighted by molar-refractivity contribution is 5.66. The lowest BCUT2D eigenvalue weighted by molar-refractivity contribution is -0.707. The Bertz CT molecular complexity index is 420. The molecule has 0 spiro atoms. The molecule has 0 saturated carbocycles. The molecule has 0 bridgehead atoms. The van der Waals surface area contributed by atoms with Gasteiger partial charge < -0.3 is 19.8 Å². The molecule has 23 heavy (non-hydrogen) atoms. The zero-order valence-electron chi connectivity index (χ0n) is 14.1. The summed E-state index contributed by atoms with van der Waals surface area (Å²) >= 11 is 0. The summed E-state index contributed by atoms with van der Waals surface area (Å²) in [6.45, 7) is 6.74. The van der Waals surface area contributed by atoms with Crippen LogP contribution in [-0.2, 0) is 19.1 Å².